The van der Waals surface area contributed by atoms with Gasteiger partial charge in [-0.2, -0.15) is 0 Å². The number of aromatic nitrogens is 1. The molecule has 2 N–H and O–H groups in total. The molecule has 1 aliphatic rings. The van der Waals surface area contributed by atoms with Crippen molar-refractivity contribution in [2.75, 3.05) is 0 Å². The van der Waals surface area contributed by atoms with E-state index in [1.54, 1.807) is 24.3 Å². The first-order valence-electron chi connectivity index (χ1n) is 11.1. The van der Waals surface area contributed by atoms with E-state index in [1.165, 1.54) is 36.4 Å². The maximum atomic E-state index is 14.6. The molecule has 0 bridgehead atoms. The van der Waals surface area contributed by atoms with E-state index in [1.807, 2.05) is 0 Å². The van der Waals surface area contributed by atoms with E-state index in [9.17, 15) is 18.0 Å². The van der Waals surface area contributed by atoms with E-state index < -0.39 is 0 Å². The van der Waals surface area contributed by atoms with Crippen LogP contribution in [0.5, 0.6) is 0 Å². The van der Waals surface area contributed by atoms with Gasteiger partial charge >= 0.3 is 0 Å². The Morgan fingerprint density at radius 3 is 2.48 bits per heavy atom. The number of halogens is 3. The molecule has 168 valence electrons. The average Bonchev–Trinajstić information content (AvgIpc) is 3.20. The number of benzene rings is 3. The third-order valence-electron chi connectivity index (χ3n) is 6.40. The molecule has 5 rings (SSSR count). The van der Waals surface area contributed by atoms with Crippen LogP contribution in [0.25, 0.3) is 22.0 Å². The highest BCUT2D eigenvalue weighted by molar-refractivity contribution is 5.99. The number of fused-ring (bicyclic) bond motifs is 3. The molecular weight excluding hydrogens is 425 g/mol. The van der Waals surface area contributed by atoms with Crippen molar-refractivity contribution in [1.82, 2.24) is 10.3 Å². The lowest BCUT2D eigenvalue weighted by atomic mass is 9.93. The van der Waals surface area contributed by atoms with E-state index in [0.717, 1.165) is 17.7 Å². The summed E-state index contributed by atoms with van der Waals surface area (Å²) in [4.78, 5) is 15.6. The summed E-state index contributed by atoms with van der Waals surface area (Å²) >= 11 is 0. The largest absolute Gasteiger partial charge is 0.356 e. The number of hydrogen-bond acceptors (Lipinski definition) is 2. The summed E-state index contributed by atoms with van der Waals surface area (Å²) in [6.45, 7) is 0.539. The van der Waals surface area contributed by atoms with Crippen molar-refractivity contribution in [3.05, 3.63) is 94.9 Å². The van der Waals surface area contributed by atoms with Gasteiger partial charge < -0.3 is 10.3 Å². The van der Waals surface area contributed by atoms with Gasteiger partial charge in [0.1, 0.15) is 17.5 Å². The molecule has 1 aliphatic heterocycles. The van der Waals surface area contributed by atoms with Gasteiger partial charge in [-0.3, -0.25) is 4.79 Å². The van der Waals surface area contributed by atoms with E-state index in [4.69, 9.17) is 0 Å². The molecule has 1 aromatic heterocycles. The van der Waals surface area contributed by atoms with Crippen LogP contribution in [0.2, 0.25) is 0 Å². The second kappa shape index (κ2) is 8.87. The summed E-state index contributed by atoms with van der Waals surface area (Å²) in [7, 11) is 0. The first-order chi connectivity index (χ1) is 16.0. The molecule has 0 saturated heterocycles. The molecule has 0 saturated carbocycles. The van der Waals surface area contributed by atoms with Gasteiger partial charge in [0.05, 0.1) is 5.52 Å². The fourth-order valence-corrected chi connectivity index (χ4v) is 4.72. The zero-order valence-corrected chi connectivity index (χ0v) is 17.9. The molecule has 1 unspecified atom stereocenters. The highest BCUT2D eigenvalue weighted by Gasteiger charge is 2.25. The lowest BCUT2D eigenvalue weighted by Crippen LogP contribution is -2.35. The van der Waals surface area contributed by atoms with Gasteiger partial charge in [-0.1, -0.05) is 24.3 Å². The molecule has 33 heavy (non-hydrogen) atoms. The normalized spacial score (nSPS) is 15.5. The lowest BCUT2D eigenvalue weighted by Gasteiger charge is -2.24. The summed E-state index contributed by atoms with van der Waals surface area (Å²) < 4.78 is 42.2. The SMILES string of the molecule is O=C(CCCC1Cc2[nH]c3c(F)ccc(-c4ccccc4F)c3c2CN1)c1ccc(F)cc1. The predicted molar refractivity (Wildman–Crippen MR) is 123 cm³/mol. The number of Topliss-reactive ketones (excluding diaryl/α,β-unsaturated/α-hetero) is 1. The summed E-state index contributed by atoms with van der Waals surface area (Å²) in [6, 6.07) is 15.3. The minimum absolute atomic E-state index is 0.00582. The minimum Gasteiger partial charge on any atom is -0.356 e. The highest BCUT2D eigenvalue weighted by atomic mass is 19.1. The second-order valence-corrected chi connectivity index (χ2v) is 8.51. The minimum atomic E-state index is -0.360. The van der Waals surface area contributed by atoms with Gasteiger partial charge in [0.2, 0.25) is 0 Å². The van der Waals surface area contributed by atoms with Gasteiger partial charge in [0.25, 0.3) is 0 Å². The van der Waals surface area contributed by atoms with Gasteiger partial charge in [0.15, 0.2) is 5.78 Å². The number of nitrogens with one attached hydrogen (secondary N) is 2. The van der Waals surface area contributed by atoms with Crippen LogP contribution in [0.3, 0.4) is 0 Å². The molecule has 0 amide bonds. The summed E-state index contributed by atoms with van der Waals surface area (Å²) in [6.07, 6.45) is 2.53. The number of carbonyl (C=O) groups is 1. The van der Waals surface area contributed by atoms with E-state index in [-0.39, 0.29) is 29.3 Å². The second-order valence-electron chi connectivity index (χ2n) is 8.51. The van der Waals surface area contributed by atoms with Crippen LogP contribution >= 0.6 is 0 Å². The van der Waals surface area contributed by atoms with Crippen molar-refractivity contribution in [3.63, 3.8) is 0 Å². The number of aromatic amines is 1. The van der Waals surface area contributed by atoms with Crippen LogP contribution in [0.1, 0.15) is 40.9 Å². The number of H-pyrrole nitrogens is 1. The number of rotatable bonds is 6. The Labute approximate surface area is 189 Å². The topological polar surface area (TPSA) is 44.9 Å². The number of ketones is 1. The molecular formula is C27H23F3N2O. The number of carbonyl (C=O) groups excluding carboxylic acids is 1. The van der Waals surface area contributed by atoms with Crippen LogP contribution in [0.15, 0.2) is 60.7 Å². The van der Waals surface area contributed by atoms with E-state index >= 15 is 0 Å². The maximum absolute atomic E-state index is 14.6. The zero-order valence-electron chi connectivity index (χ0n) is 17.9. The van der Waals surface area contributed by atoms with Gasteiger partial charge in [0, 0.05) is 47.6 Å². The molecule has 4 aromatic rings. The van der Waals surface area contributed by atoms with E-state index in [2.05, 4.69) is 10.3 Å². The quantitative estimate of drug-likeness (QED) is 0.339. The highest BCUT2D eigenvalue weighted by Crippen LogP contribution is 2.37. The zero-order chi connectivity index (χ0) is 22.9. The summed E-state index contributed by atoms with van der Waals surface area (Å²) in [5.41, 5.74) is 3.94. The molecule has 3 aromatic carbocycles. The summed E-state index contributed by atoms with van der Waals surface area (Å²) in [5, 5.41) is 4.21. The predicted octanol–water partition coefficient (Wildman–Crippen LogP) is 6.32. The number of hydrogen-bond donors (Lipinski definition) is 2. The fourth-order valence-electron chi connectivity index (χ4n) is 4.72. The standard InChI is InChI=1S/C27H23F3N2O/c28-17-10-8-16(9-11-17)25(33)7-3-4-18-14-24-21(15-31-18)26-20(12-13-23(30)27(26)32-24)19-5-1-2-6-22(19)29/h1-2,5-6,8-13,18,31-32H,3-4,7,14-15H2. The summed E-state index contributed by atoms with van der Waals surface area (Å²) in [5.74, 6) is -1.07. The Hall–Kier alpha value is -3.38. The van der Waals surface area contributed by atoms with Crippen LogP contribution < -0.4 is 5.32 Å². The van der Waals surface area contributed by atoms with Crippen molar-refractivity contribution >= 4 is 16.7 Å². The van der Waals surface area contributed by atoms with Crippen LogP contribution in [-0.4, -0.2) is 16.8 Å². The Bertz CT molecular complexity index is 1330. The molecule has 1 atom stereocenters. The smallest absolute Gasteiger partial charge is 0.162 e. The Kier molecular flexibility index (Phi) is 5.77. The molecule has 0 aliphatic carbocycles. The molecule has 0 fully saturated rings. The first-order valence-corrected chi connectivity index (χ1v) is 11.1. The van der Waals surface area contributed by atoms with Crippen LogP contribution in [0.4, 0.5) is 13.2 Å². The molecule has 0 spiro atoms. The van der Waals surface area contributed by atoms with Crippen molar-refractivity contribution in [3.8, 4) is 11.1 Å². The Morgan fingerprint density at radius 2 is 1.70 bits per heavy atom. The first kappa shape index (κ1) is 21.5. The van der Waals surface area contributed by atoms with E-state index in [0.29, 0.717) is 53.4 Å². The third-order valence-corrected chi connectivity index (χ3v) is 6.40. The van der Waals surface area contributed by atoms with Gasteiger partial charge in [-0.05, 0) is 60.4 Å². The fraction of sp³-hybridized carbons (Fsp3) is 0.222. The van der Waals surface area contributed by atoms with Crippen molar-refractivity contribution in [2.45, 2.75) is 38.3 Å². The lowest BCUT2D eigenvalue weighted by molar-refractivity contribution is 0.0978. The van der Waals surface area contributed by atoms with Crippen molar-refractivity contribution < 1.29 is 18.0 Å². The van der Waals surface area contributed by atoms with Crippen LogP contribution in [-0.2, 0) is 13.0 Å². The Balaban J connectivity index is 1.33. The van der Waals surface area contributed by atoms with Crippen molar-refractivity contribution in [1.29, 1.82) is 0 Å². The third kappa shape index (κ3) is 4.18. The Morgan fingerprint density at radius 1 is 0.909 bits per heavy atom. The molecule has 3 nitrogen and oxygen atoms in total. The molecule has 6 heteroatoms. The average molecular weight is 448 g/mol. The van der Waals surface area contributed by atoms with Gasteiger partial charge in [-0.25, -0.2) is 13.2 Å². The maximum Gasteiger partial charge on any atom is 0.162 e. The van der Waals surface area contributed by atoms with Crippen LogP contribution in [0, 0.1) is 17.5 Å². The van der Waals surface area contributed by atoms with Crippen molar-refractivity contribution in [2.24, 2.45) is 0 Å². The molecule has 2 heterocycles. The monoisotopic (exact) mass is 448 g/mol. The molecule has 0 radical (unpaired) electrons. The van der Waals surface area contributed by atoms with Gasteiger partial charge in [-0.15, -0.1) is 0 Å².